The number of rotatable bonds is 7. The van der Waals surface area contributed by atoms with Crippen LogP contribution in [0.3, 0.4) is 0 Å². The molecule has 4 N–H and O–H groups in total. The fourth-order valence-corrected chi connectivity index (χ4v) is 2.27. The van der Waals surface area contributed by atoms with Crippen LogP contribution >= 0.6 is 0 Å². The number of alkyl halides is 3. The zero-order chi connectivity index (χ0) is 18.3. The van der Waals surface area contributed by atoms with E-state index in [-0.39, 0.29) is 29.2 Å². The Kier molecular flexibility index (Phi) is 6.49. The first-order chi connectivity index (χ1) is 11.8. The first-order valence-electron chi connectivity index (χ1n) is 8.04. The van der Waals surface area contributed by atoms with Crippen molar-refractivity contribution in [3.63, 3.8) is 0 Å². The van der Waals surface area contributed by atoms with Gasteiger partial charge in [-0.15, -0.1) is 13.2 Å². The summed E-state index contributed by atoms with van der Waals surface area (Å²) >= 11 is 0. The summed E-state index contributed by atoms with van der Waals surface area (Å²) in [6.45, 7) is 0.825. The summed E-state index contributed by atoms with van der Waals surface area (Å²) in [7, 11) is 0. The lowest BCUT2D eigenvalue weighted by molar-refractivity contribution is -0.274. The Balaban J connectivity index is 1.76. The molecule has 1 aliphatic rings. The summed E-state index contributed by atoms with van der Waals surface area (Å²) in [5.74, 6) is -0.204. The lowest BCUT2D eigenvalue weighted by Crippen LogP contribution is -2.35. The normalized spacial score (nSPS) is 15.4. The van der Waals surface area contributed by atoms with Crippen molar-refractivity contribution < 1.29 is 22.7 Å². The molecule has 9 heteroatoms. The molecule has 1 fully saturated rings. The minimum atomic E-state index is -4.79. The van der Waals surface area contributed by atoms with E-state index in [1.807, 2.05) is 0 Å². The number of nitrogens with one attached hydrogen (secondary N) is 2. The Hall–Kier alpha value is -2.45. The Labute approximate surface area is 143 Å². The molecular formula is C16H21F3N4O2. The maximum absolute atomic E-state index is 12.4. The van der Waals surface area contributed by atoms with Gasteiger partial charge >= 0.3 is 6.36 Å². The fourth-order valence-electron chi connectivity index (χ4n) is 2.27. The largest absolute Gasteiger partial charge is 0.573 e. The van der Waals surface area contributed by atoms with E-state index < -0.39 is 6.36 Å². The maximum atomic E-state index is 12.4. The zero-order valence-electron chi connectivity index (χ0n) is 13.6. The van der Waals surface area contributed by atoms with E-state index in [0.717, 1.165) is 19.3 Å². The van der Waals surface area contributed by atoms with Crippen LogP contribution in [0.25, 0.3) is 0 Å². The van der Waals surface area contributed by atoms with E-state index >= 15 is 0 Å². The number of benzene rings is 1. The summed E-state index contributed by atoms with van der Waals surface area (Å²) in [6.07, 6.45) is -1.21. The third kappa shape index (κ3) is 6.52. The molecule has 0 radical (unpaired) electrons. The predicted molar refractivity (Wildman–Crippen MR) is 88.2 cm³/mol. The fraction of sp³-hybridized carbons (Fsp3) is 0.500. The number of carbonyl (C=O) groups is 1. The molecule has 0 spiro atoms. The van der Waals surface area contributed by atoms with E-state index in [1.165, 1.54) is 18.2 Å². The van der Waals surface area contributed by atoms with Crippen molar-refractivity contribution in [1.82, 2.24) is 5.32 Å². The average molecular weight is 358 g/mol. The van der Waals surface area contributed by atoms with Gasteiger partial charge in [0.15, 0.2) is 11.7 Å². The van der Waals surface area contributed by atoms with Crippen molar-refractivity contribution in [2.45, 2.75) is 32.0 Å². The lowest BCUT2D eigenvalue weighted by Gasteiger charge is -2.23. The number of guanidine groups is 1. The van der Waals surface area contributed by atoms with Crippen LogP contribution in [0.5, 0.6) is 5.75 Å². The van der Waals surface area contributed by atoms with Crippen molar-refractivity contribution in [3.8, 4) is 5.75 Å². The molecule has 0 atom stereocenters. The van der Waals surface area contributed by atoms with Crippen LogP contribution in [0.4, 0.5) is 18.9 Å². The van der Waals surface area contributed by atoms with Crippen LogP contribution in [0.1, 0.15) is 25.7 Å². The van der Waals surface area contributed by atoms with Gasteiger partial charge in [0.25, 0.3) is 0 Å². The second-order valence-corrected chi connectivity index (χ2v) is 5.71. The average Bonchev–Trinajstić information content (AvgIpc) is 2.45. The smallest absolute Gasteiger partial charge is 0.404 e. The number of amides is 1. The third-order valence-electron chi connectivity index (χ3n) is 3.77. The molecule has 1 amide bonds. The van der Waals surface area contributed by atoms with Gasteiger partial charge in [-0.1, -0.05) is 18.6 Å². The van der Waals surface area contributed by atoms with Crippen LogP contribution in [-0.4, -0.2) is 31.3 Å². The van der Waals surface area contributed by atoms with Crippen LogP contribution < -0.4 is 21.1 Å². The highest BCUT2D eigenvalue weighted by Gasteiger charge is 2.32. The summed E-state index contributed by atoms with van der Waals surface area (Å²) in [4.78, 5) is 15.7. The quantitative estimate of drug-likeness (QED) is 0.397. The van der Waals surface area contributed by atoms with E-state index in [2.05, 4.69) is 20.4 Å². The minimum Gasteiger partial charge on any atom is -0.404 e. The molecule has 0 saturated heterocycles. The number of hydrogen-bond acceptors (Lipinski definition) is 3. The first-order valence-corrected chi connectivity index (χ1v) is 8.04. The second-order valence-electron chi connectivity index (χ2n) is 5.71. The Morgan fingerprint density at radius 2 is 2.04 bits per heavy atom. The van der Waals surface area contributed by atoms with Gasteiger partial charge in [-0.05, 0) is 31.4 Å². The highest BCUT2D eigenvalue weighted by Crippen LogP contribution is 2.29. The Morgan fingerprint density at radius 3 is 2.68 bits per heavy atom. The molecule has 1 aliphatic carbocycles. The van der Waals surface area contributed by atoms with Crippen molar-refractivity contribution in [3.05, 3.63) is 24.3 Å². The van der Waals surface area contributed by atoms with Crippen molar-refractivity contribution in [1.29, 1.82) is 0 Å². The summed E-state index contributed by atoms with van der Waals surface area (Å²) < 4.78 is 41.0. The molecule has 0 aliphatic heterocycles. The molecule has 1 saturated carbocycles. The number of nitrogens with zero attached hydrogens (tertiary/aromatic N) is 1. The van der Waals surface area contributed by atoms with Crippen molar-refractivity contribution >= 4 is 17.6 Å². The molecule has 0 heterocycles. The van der Waals surface area contributed by atoms with E-state index in [0.29, 0.717) is 19.5 Å². The van der Waals surface area contributed by atoms with E-state index in [9.17, 15) is 18.0 Å². The maximum Gasteiger partial charge on any atom is 0.573 e. The molecule has 0 unspecified atom stereocenters. The number of ether oxygens (including phenoxy) is 1. The molecule has 25 heavy (non-hydrogen) atoms. The van der Waals surface area contributed by atoms with Crippen molar-refractivity contribution in [2.24, 2.45) is 16.6 Å². The first kappa shape index (κ1) is 18.9. The van der Waals surface area contributed by atoms with E-state index in [4.69, 9.17) is 5.73 Å². The highest BCUT2D eigenvalue weighted by molar-refractivity contribution is 5.93. The molecule has 0 bridgehead atoms. The Morgan fingerprint density at radius 1 is 1.32 bits per heavy atom. The summed E-state index contributed by atoms with van der Waals surface area (Å²) in [6, 6.07) is 5.56. The van der Waals surface area contributed by atoms with Gasteiger partial charge in [-0.25, -0.2) is 0 Å². The summed E-state index contributed by atoms with van der Waals surface area (Å²) in [5.41, 5.74) is 5.74. The van der Waals surface area contributed by atoms with Crippen LogP contribution in [0, 0.1) is 5.92 Å². The van der Waals surface area contributed by atoms with Gasteiger partial charge in [0.05, 0.1) is 5.69 Å². The molecule has 6 nitrogen and oxygen atoms in total. The van der Waals surface area contributed by atoms with Gasteiger partial charge in [-0.2, -0.15) is 0 Å². The Bertz CT molecular complexity index is 616. The van der Waals surface area contributed by atoms with Crippen LogP contribution in [0.15, 0.2) is 29.3 Å². The lowest BCUT2D eigenvalue weighted by atomic mass is 9.85. The molecule has 1 aromatic rings. The van der Waals surface area contributed by atoms with Gasteiger partial charge in [0.2, 0.25) is 5.91 Å². The number of anilines is 1. The van der Waals surface area contributed by atoms with Crippen LogP contribution in [0.2, 0.25) is 0 Å². The number of para-hydroxylation sites is 2. The number of nitrogens with two attached hydrogens (primary N) is 1. The second kappa shape index (κ2) is 8.59. The molecular weight excluding hydrogens is 337 g/mol. The molecule has 138 valence electrons. The minimum absolute atomic E-state index is 0.0245. The molecule has 1 aromatic carbocycles. The van der Waals surface area contributed by atoms with Crippen molar-refractivity contribution in [2.75, 3.05) is 18.4 Å². The van der Waals surface area contributed by atoms with Gasteiger partial charge in [-0.3, -0.25) is 9.79 Å². The molecule has 0 aromatic heterocycles. The monoisotopic (exact) mass is 358 g/mol. The number of carbonyl (C=O) groups excluding carboxylic acids is 1. The third-order valence-corrected chi connectivity index (χ3v) is 3.77. The SMILES string of the molecule is NC(=NCCCNC(=O)C1CCC1)Nc1ccccc1OC(F)(F)F. The number of halogens is 3. The standard InChI is InChI=1S/C16H21F3N4O2/c17-16(18,19)25-13-8-2-1-7-12(13)23-15(20)22-10-4-9-21-14(24)11-5-3-6-11/h1-2,7-8,11H,3-6,9-10H2,(H,21,24)(H3,20,22,23). The van der Waals surface area contributed by atoms with Gasteiger partial charge < -0.3 is 21.1 Å². The number of aliphatic imine (C=N–C) groups is 1. The summed E-state index contributed by atoms with van der Waals surface area (Å²) in [5, 5.41) is 5.41. The number of hydrogen-bond donors (Lipinski definition) is 3. The predicted octanol–water partition coefficient (Wildman–Crippen LogP) is 2.62. The van der Waals surface area contributed by atoms with Crippen LogP contribution in [-0.2, 0) is 4.79 Å². The topological polar surface area (TPSA) is 88.7 Å². The van der Waals surface area contributed by atoms with E-state index in [1.54, 1.807) is 6.07 Å². The highest BCUT2D eigenvalue weighted by atomic mass is 19.4. The van der Waals surface area contributed by atoms with Gasteiger partial charge in [0, 0.05) is 19.0 Å². The molecule has 2 rings (SSSR count). The van der Waals surface area contributed by atoms with Gasteiger partial charge in [0.1, 0.15) is 0 Å². The zero-order valence-corrected chi connectivity index (χ0v) is 13.6.